The largest absolute Gasteiger partial charge is 0.277 e. The first kappa shape index (κ1) is 26.8. The summed E-state index contributed by atoms with van der Waals surface area (Å²) in [7, 11) is 0. The zero-order valence-electron chi connectivity index (χ0n) is 22.5. The molecule has 1 aliphatic carbocycles. The van der Waals surface area contributed by atoms with Crippen molar-refractivity contribution in [1.29, 1.82) is 0 Å². The van der Waals surface area contributed by atoms with Crippen molar-refractivity contribution in [2.75, 3.05) is 0 Å². The van der Waals surface area contributed by atoms with Gasteiger partial charge in [-0.2, -0.15) is 4.68 Å². The Morgan fingerprint density at radius 1 is 0.976 bits per heavy atom. The van der Waals surface area contributed by atoms with Gasteiger partial charge in [-0.3, -0.25) is 19.3 Å². The highest BCUT2D eigenvalue weighted by Crippen LogP contribution is 2.55. The van der Waals surface area contributed by atoms with Crippen LogP contribution in [0.2, 0.25) is 5.02 Å². The Morgan fingerprint density at radius 2 is 1.76 bits per heavy atom. The van der Waals surface area contributed by atoms with E-state index in [2.05, 4.69) is 25.0 Å². The molecule has 6 rings (SSSR count). The quantitative estimate of drug-likeness (QED) is 0.260. The molecule has 1 fully saturated rings. The van der Waals surface area contributed by atoms with Crippen molar-refractivity contribution in [2.24, 2.45) is 0 Å². The molecule has 5 aromatic rings. The highest BCUT2D eigenvalue weighted by atomic mass is 35.5. The molecule has 2 atom stereocenters. The maximum absolute atomic E-state index is 16.3. The fourth-order valence-electron chi connectivity index (χ4n) is 5.33. The van der Waals surface area contributed by atoms with E-state index in [1.807, 2.05) is 0 Å². The van der Waals surface area contributed by atoms with Crippen LogP contribution in [0.1, 0.15) is 52.3 Å². The van der Waals surface area contributed by atoms with Gasteiger partial charge in [0.05, 0.1) is 11.9 Å². The van der Waals surface area contributed by atoms with Crippen LogP contribution in [-0.2, 0) is 0 Å². The van der Waals surface area contributed by atoms with E-state index in [0.29, 0.717) is 34.9 Å². The molecule has 5 aromatic heterocycles. The molecule has 0 spiro atoms. The van der Waals surface area contributed by atoms with Gasteiger partial charge in [0.15, 0.2) is 17.5 Å². The van der Waals surface area contributed by atoms with E-state index in [0.717, 1.165) is 11.8 Å². The first-order chi connectivity index (χ1) is 19.6. The molecule has 0 radical (unpaired) electrons. The van der Waals surface area contributed by atoms with Crippen molar-refractivity contribution in [2.45, 2.75) is 46.0 Å². The first-order valence-corrected chi connectivity index (χ1v) is 13.2. The third kappa shape index (κ3) is 4.50. The van der Waals surface area contributed by atoms with Crippen molar-refractivity contribution in [3.63, 3.8) is 0 Å². The fourth-order valence-corrected chi connectivity index (χ4v) is 5.61. The second-order valence-corrected chi connectivity index (χ2v) is 10.5. The van der Waals surface area contributed by atoms with Crippen LogP contribution in [0.4, 0.5) is 13.2 Å². The minimum Gasteiger partial charge on any atom is -0.277 e. The van der Waals surface area contributed by atoms with Crippen LogP contribution in [0.5, 0.6) is 0 Å². The van der Waals surface area contributed by atoms with Crippen molar-refractivity contribution >= 4 is 11.6 Å². The van der Waals surface area contributed by atoms with Gasteiger partial charge >= 0.3 is 0 Å². The number of aromatic nitrogens is 7. The molecule has 1 saturated carbocycles. The highest BCUT2D eigenvalue weighted by Gasteiger charge is 2.42. The van der Waals surface area contributed by atoms with E-state index < -0.39 is 23.0 Å². The van der Waals surface area contributed by atoms with Crippen molar-refractivity contribution in [3.05, 3.63) is 110 Å². The van der Waals surface area contributed by atoms with E-state index in [9.17, 15) is 9.18 Å². The SMILES string of the molecule is Cc1nc(C)n(-c2nccc(-c3ncc(C)c(-n4c(C)cc([C@@H]5CC5c5cncc(F)c5)c(Cl)c4=O)c3F)c2F)n1. The number of aryl methyl sites for hydroxylation is 4. The summed E-state index contributed by atoms with van der Waals surface area (Å²) in [6.45, 7) is 6.59. The van der Waals surface area contributed by atoms with Gasteiger partial charge in [0.1, 0.15) is 28.2 Å². The smallest absolute Gasteiger partial charge is 0.274 e. The lowest BCUT2D eigenvalue weighted by molar-refractivity contribution is 0.588. The van der Waals surface area contributed by atoms with Crippen LogP contribution in [0.15, 0.2) is 47.8 Å². The zero-order valence-corrected chi connectivity index (χ0v) is 23.2. The highest BCUT2D eigenvalue weighted by molar-refractivity contribution is 6.31. The molecule has 12 heteroatoms. The summed E-state index contributed by atoms with van der Waals surface area (Å²) < 4.78 is 48.1. The Labute approximate surface area is 237 Å². The van der Waals surface area contributed by atoms with Crippen LogP contribution in [-0.4, -0.2) is 34.3 Å². The van der Waals surface area contributed by atoms with Gasteiger partial charge in [0, 0.05) is 29.8 Å². The lowest BCUT2D eigenvalue weighted by atomic mass is 10.0. The van der Waals surface area contributed by atoms with Gasteiger partial charge in [0.2, 0.25) is 0 Å². The molecule has 0 saturated heterocycles. The van der Waals surface area contributed by atoms with Crippen LogP contribution < -0.4 is 5.56 Å². The number of hydrogen-bond donors (Lipinski definition) is 0. The topological polar surface area (TPSA) is 91.4 Å². The lowest BCUT2D eigenvalue weighted by Gasteiger charge is -2.18. The summed E-state index contributed by atoms with van der Waals surface area (Å²) in [5.41, 5.74) is 0.965. The first-order valence-electron chi connectivity index (χ1n) is 12.8. The van der Waals surface area contributed by atoms with Crippen LogP contribution >= 0.6 is 11.6 Å². The minimum atomic E-state index is -0.892. The molecule has 0 amide bonds. The average Bonchev–Trinajstić information content (AvgIpc) is 3.65. The monoisotopic (exact) mass is 577 g/mol. The molecular formula is C29H23ClF3N7O. The Hall–Kier alpha value is -4.38. The van der Waals surface area contributed by atoms with E-state index in [1.54, 1.807) is 40.0 Å². The van der Waals surface area contributed by atoms with Gasteiger partial charge in [-0.15, -0.1) is 5.10 Å². The van der Waals surface area contributed by atoms with Gasteiger partial charge in [0.25, 0.3) is 5.56 Å². The second-order valence-electron chi connectivity index (χ2n) is 10.1. The molecular weight excluding hydrogens is 555 g/mol. The maximum atomic E-state index is 16.3. The fraction of sp³-hybridized carbons (Fsp3) is 0.241. The molecule has 1 aliphatic rings. The van der Waals surface area contributed by atoms with Crippen molar-refractivity contribution < 1.29 is 13.2 Å². The average molecular weight is 578 g/mol. The van der Waals surface area contributed by atoms with Gasteiger partial charge in [-0.05, 0) is 80.8 Å². The molecule has 41 heavy (non-hydrogen) atoms. The predicted molar refractivity (Wildman–Crippen MR) is 146 cm³/mol. The molecule has 1 unspecified atom stereocenters. The number of hydrogen-bond acceptors (Lipinski definition) is 6. The number of nitrogens with zero attached hydrogens (tertiary/aromatic N) is 7. The van der Waals surface area contributed by atoms with Gasteiger partial charge < -0.3 is 0 Å². The summed E-state index contributed by atoms with van der Waals surface area (Å²) in [4.78, 5) is 29.9. The molecule has 0 N–H and O–H groups in total. The van der Waals surface area contributed by atoms with Crippen molar-refractivity contribution in [3.8, 4) is 22.8 Å². The summed E-state index contributed by atoms with van der Waals surface area (Å²) in [5.74, 6) is -1.62. The van der Waals surface area contributed by atoms with Crippen molar-refractivity contribution in [1.82, 2.24) is 34.3 Å². The molecule has 5 heterocycles. The summed E-state index contributed by atoms with van der Waals surface area (Å²) >= 11 is 6.59. The number of pyridine rings is 4. The maximum Gasteiger partial charge on any atom is 0.274 e. The van der Waals surface area contributed by atoms with Gasteiger partial charge in [-0.1, -0.05) is 11.6 Å². The predicted octanol–water partition coefficient (Wildman–Crippen LogP) is 5.85. The van der Waals surface area contributed by atoms with Gasteiger partial charge in [-0.25, -0.2) is 23.1 Å². The molecule has 8 nitrogen and oxygen atoms in total. The lowest BCUT2D eigenvalue weighted by Crippen LogP contribution is -2.24. The summed E-state index contributed by atoms with van der Waals surface area (Å²) in [5, 5.41) is 4.12. The van der Waals surface area contributed by atoms with Crippen LogP contribution in [0, 0.1) is 45.1 Å². The second kappa shape index (κ2) is 9.91. The Kier molecular flexibility index (Phi) is 6.49. The van der Waals surface area contributed by atoms with E-state index >= 15 is 8.78 Å². The minimum absolute atomic E-state index is 0.0300. The number of halogens is 4. The van der Waals surface area contributed by atoms with E-state index in [1.165, 1.54) is 33.8 Å². The van der Waals surface area contributed by atoms with Crippen LogP contribution in [0.3, 0.4) is 0 Å². The normalized spacial score (nSPS) is 16.3. The summed E-state index contributed by atoms with van der Waals surface area (Å²) in [6.07, 6.45) is 6.11. The van der Waals surface area contributed by atoms with E-state index in [-0.39, 0.29) is 39.6 Å². The number of rotatable bonds is 5. The Morgan fingerprint density at radius 3 is 2.46 bits per heavy atom. The molecule has 0 bridgehead atoms. The van der Waals surface area contributed by atoms with E-state index in [4.69, 9.17) is 11.6 Å². The molecule has 208 valence electrons. The molecule has 0 aliphatic heterocycles. The Bertz CT molecular complexity index is 1920. The molecule has 0 aromatic carbocycles. The Balaban J connectivity index is 1.44. The standard InChI is InChI=1S/C29H23ClF3N7O/c1-13-10-36-26(19-5-6-35-28(24(19)32)40-16(4)37-15(3)38-40)25(33)27(13)39-14(2)7-22(23(30)29(39)41)21-9-20(21)17-8-18(31)12-34-11-17/h5-8,10-12,20-21H,9H2,1-4H3/t20?,21-/m1/s1. The third-order valence-corrected chi connectivity index (χ3v) is 7.69. The third-order valence-electron chi connectivity index (χ3n) is 7.31. The zero-order chi connectivity index (χ0) is 29.2. The van der Waals surface area contributed by atoms with Crippen LogP contribution in [0.25, 0.3) is 22.8 Å². The summed E-state index contributed by atoms with van der Waals surface area (Å²) in [6, 6.07) is 4.47.